The zero-order chi connectivity index (χ0) is 17.6. The standard InChI is InChI=1S/C16H14F3N5O/c1-25-12-4-2-3-10-9-23(8-7-11(10)12)14-6-5-13-20-21-15(16(17,18)19)24(13)22-14/h2-6H,7-9H2,1H3. The van der Waals surface area contributed by atoms with Crippen LogP contribution in [0, 0.1) is 0 Å². The maximum absolute atomic E-state index is 13.0. The Morgan fingerprint density at radius 1 is 1.12 bits per heavy atom. The fourth-order valence-corrected chi connectivity index (χ4v) is 3.09. The summed E-state index contributed by atoms with van der Waals surface area (Å²) in [6.45, 7) is 1.18. The number of methoxy groups -OCH3 is 1. The van der Waals surface area contributed by atoms with E-state index in [1.165, 1.54) is 6.07 Å². The van der Waals surface area contributed by atoms with Gasteiger partial charge in [-0.2, -0.15) is 17.7 Å². The fourth-order valence-electron chi connectivity index (χ4n) is 3.09. The molecule has 0 fully saturated rings. The Bertz CT molecular complexity index is 937. The summed E-state index contributed by atoms with van der Waals surface area (Å²) >= 11 is 0. The first-order valence-corrected chi connectivity index (χ1v) is 7.67. The summed E-state index contributed by atoms with van der Waals surface area (Å²) in [7, 11) is 1.63. The molecule has 0 atom stereocenters. The molecule has 0 bridgehead atoms. The molecule has 1 aliphatic heterocycles. The quantitative estimate of drug-likeness (QED) is 0.712. The Morgan fingerprint density at radius 3 is 2.72 bits per heavy atom. The number of halogens is 3. The maximum atomic E-state index is 13.0. The van der Waals surface area contributed by atoms with E-state index in [1.807, 2.05) is 23.1 Å². The van der Waals surface area contributed by atoms with Crippen LogP contribution >= 0.6 is 0 Å². The molecule has 25 heavy (non-hydrogen) atoms. The minimum Gasteiger partial charge on any atom is -0.496 e. The number of alkyl halides is 3. The fraction of sp³-hybridized carbons (Fsp3) is 0.312. The molecule has 4 rings (SSSR count). The van der Waals surface area contributed by atoms with E-state index in [0.717, 1.165) is 27.8 Å². The minimum atomic E-state index is -4.60. The molecular weight excluding hydrogens is 335 g/mol. The second-order valence-corrected chi connectivity index (χ2v) is 5.75. The summed E-state index contributed by atoms with van der Waals surface area (Å²) in [6.07, 6.45) is -3.87. The number of benzene rings is 1. The van der Waals surface area contributed by atoms with E-state index in [1.54, 1.807) is 13.2 Å². The predicted octanol–water partition coefficient (Wildman–Crippen LogP) is 2.71. The van der Waals surface area contributed by atoms with Gasteiger partial charge >= 0.3 is 6.18 Å². The van der Waals surface area contributed by atoms with Crippen LogP contribution in [0.3, 0.4) is 0 Å². The van der Waals surface area contributed by atoms with Gasteiger partial charge in [0.1, 0.15) is 11.6 Å². The van der Waals surface area contributed by atoms with Crippen molar-refractivity contribution >= 4 is 11.5 Å². The van der Waals surface area contributed by atoms with E-state index in [9.17, 15) is 13.2 Å². The average Bonchev–Trinajstić information content (AvgIpc) is 3.04. The highest BCUT2D eigenvalue weighted by molar-refractivity contribution is 5.50. The molecule has 0 spiro atoms. The number of rotatable bonds is 2. The van der Waals surface area contributed by atoms with Crippen LogP contribution in [0.2, 0.25) is 0 Å². The predicted molar refractivity (Wildman–Crippen MR) is 83.5 cm³/mol. The molecule has 0 N–H and O–H groups in total. The monoisotopic (exact) mass is 349 g/mol. The minimum absolute atomic E-state index is 0.0650. The van der Waals surface area contributed by atoms with E-state index in [0.29, 0.717) is 18.9 Å². The van der Waals surface area contributed by atoms with Gasteiger partial charge < -0.3 is 9.64 Å². The summed E-state index contributed by atoms with van der Waals surface area (Å²) in [5, 5.41) is 10.8. The number of nitrogens with zero attached hydrogens (tertiary/aromatic N) is 5. The number of ether oxygens (including phenoxy) is 1. The molecule has 1 aliphatic rings. The van der Waals surface area contributed by atoms with Gasteiger partial charge in [0.15, 0.2) is 5.65 Å². The Hall–Kier alpha value is -2.84. The zero-order valence-electron chi connectivity index (χ0n) is 13.3. The lowest BCUT2D eigenvalue weighted by molar-refractivity contribution is -0.146. The van der Waals surface area contributed by atoms with Crippen molar-refractivity contribution in [3.8, 4) is 5.75 Å². The summed E-state index contributed by atoms with van der Waals surface area (Å²) < 4.78 is 45.2. The van der Waals surface area contributed by atoms with E-state index >= 15 is 0 Å². The smallest absolute Gasteiger partial charge is 0.453 e. The third-order valence-corrected chi connectivity index (χ3v) is 4.27. The molecule has 0 aliphatic carbocycles. The van der Waals surface area contributed by atoms with Crippen molar-refractivity contribution in [1.82, 2.24) is 19.8 Å². The molecule has 0 amide bonds. The van der Waals surface area contributed by atoms with Crippen molar-refractivity contribution in [3.05, 3.63) is 47.3 Å². The highest BCUT2D eigenvalue weighted by Gasteiger charge is 2.37. The zero-order valence-corrected chi connectivity index (χ0v) is 13.3. The molecule has 0 saturated heterocycles. The maximum Gasteiger partial charge on any atom is 0.453 e. The van der Waals surface area contributed by atoms with Gasteiger partial charge in [-0.15, -0.1) is 15.3 Å². The molecule has 6 nitrogen and oxygen atoms in total. The molecule has 3 aromatic rings. The Kier molecular flexibility index (Phi) is 3.52. The lowest BCUT2D eigenvalue weighted by Crippen LogP contribution is -2.31. The van der Waals surface area contributed by atoms with Gasteiger partial charge in [-0.25, -0.2) is 0 Å². The van der Waals surface area contributed by atoms with Crippen LogP contribution in [0.4, 0.5) is 19.0 Å². The Balaban J connectivity index is 1.71. The topological polar surface area (TPSA) is 55.5 Å². The highest BCUT2D eigenvalue weighted by atomic mass is 19.4. The summed E-state index contributed by atoms with van der Waals surface area (Å²) in [5.74, 6) is 0.161. The molecular formula is C16H14F3N5O. The highest BCUT2D eigenvalue weighted by Crippen LogP contribution is 2.31. The SMILES string of the molecule is COc1cccc2c1CCN(c1ccc3nnc(C(F)(F)F)n3n1)C2. The van der Waals surface area contributed by atoms with Crippen molar-refractivity contribution < 1.29 is 17.9 Å². The van der Waals surface area contributed by atoms with Crippen LogP contribution < -0.4 is 9.64 Å². The van der Waals surface area contributed by atoms with Gasteiger partial charge in [0.25, 0.3) is 5.82 Å². The van der Waals surface area contributed by atoms with Gasteiger partial charge in [-0.3, -0.25) is 0 Å². The number of hydrogen-bond donors (Lipinski definition) is 0. The summed E-state index contributed by atoms with van der Waals surface area (Å²) in [5.41, 5.74) is 2.27. The first kappa shape index (κ1) is 15.7. The van der Waals surface area contributed by atoms with Crippen LogP contribution in [-0.4, -0.2) is 33.5 Å². The third-order valence-electron chi connectivity index (χ3n) is 4.27. The molecule has 130 valence electrons. The van der Waals surface area contributed by atoms with Gasteiger partial charge in [0.2, 0.25) is 0 Å². The number of fused-ring (bicyclic) bond motifs is 2. The molecule has 9 heteroatoms. The Morgan fingerprint density at radius 2 is 1.96 bits per heavy atom. The first-order chi connectivity index (χ1) is 12.0. The average molecular weight is 349 g/mol. The van der Waals surface area contributed by atoms with Crippen LogP contribution in [0.5, 0.6) is 5.75 Å². The Labute approximate surface area is 140 Å². The molecule has 0 unspecified atom stereocenters. The number of aromatic nitrogens is 4. The number of hydrogen-bond acceptors (Lipinski definition) is 5. The largest absolute Gasteiger partial charge is 0.496 e. The molecule has 2 aromatic heterocycles. The van der Waals surface area contributed by atoms with Gasteiger partial charge in [-0.1, -0.05) is 12.1 Å². The van der Waals surface area contributed by atoms with Gasteiger partial charge in [-0.05, 0) is 30.2 Å². The molecule has 1 aromatic carbocycles. The first-order valence-electron chi connectivity index (χ1n) is 7.67. The second-order valence-electron chi connectivity index (χ2n) is 5.75. The van der Waals surface area contributed by atoms with Crippen molar-refractivity contribution in [1.29, 1.82) is 0 Å². The van der Waals surface area contributed by atoms with Gasteiger partial charge in [0.05, 0.1) is 7.11 Å². The lowest BCUT2D eigenvalue weighted by Gasteiger charge is -2.30. The van der Waals surface area contributed by atoms with Crippen molar-refractivity contribution in [2.24, 2.45) is 0 Å². The van der Waals surface area contributed by atoms with Crippen LogP contribution in [-0.2, 0) is 19.1 Å². The summed E-state index contributed by atoms with van der Waals surface area (Å²) in [6, 6.07) is 8.95. The van der Waals surface area contributed by atoms with E-state index in [4.69, 9.17) is 4.74 Å². The van der Waals surface area contributed by atoms with E-state index in [-0.39, 0.29) is 5.65 Å². The molecule has 0 radical (unpaired) electrons. The van der Waals surface area contributed by atoms with E-state index < -0.39 is 12.0 Å². The third kappa shape index (κ3) is 2.65. The van der Waals surface area contributed by atoms with Crippen molar-refractivity contribution in [3.63, 3.8) is 0 Å². The van der Waals surface area contributed by atoms with Crippen LogP contribution in [0.25, 0.3) is 5.65 Å². The second kappa shape index (κ2) is 5.61. The lowest BCUT2D eigenvalue weighted by atomic mass is 9.99. The van der Waals surface area contributed by atoms with Crippen molar-refractivity contribution in [2.45, 2.75) is 19.1 Å². The van der Waals surface area contributed by atoms with Crippen LogP contribution in [0.1, 0.15) is 17.0 Å². The van der Waals surface area contributed by atoms with Gasteiger partial charge in [0, 0.05) is 18.7 Å². The van der Waals surface area contributed by atoms with Crippen molar-refractivity contribution in [2.75, 3.05) is 18.6 Å². The normalized spacial score (nSPS) is 14.6. The number of anilines is 1. The molecule has 3 heterocycles. The van der Waals surface area contributed by atoms with Crippen LogP contribution in [0.15, 0.2) is 30.3 Å². The summed E-state index contributed by atoms with van der Waals surface area (Å²) in [4.78, 5) is 1.93. The van der Waals surface area contributed by atoms with E-state index in [2.05, 4.69) is 15.3 Å². The molecule has 0 saturated carbocycles.